The van der Waals surface area contributed by atoms with Crippen molar-refractivity contribution in [1.29, 1.82) is 0 Å². The van der Waals surface area contributed by atoms with E-state index in [-0.39, 0.29) is 19.2 Å². The first kappa shape index (κ1) is 55.9. The molecule has 6 atom stereocenters. The van der Waals surface area contributed by atoms with Gasteiger partial charge in [-0.1, -0.05) is 206 Å². The summed E-state index contributed by atoms with van der Waals surface area (Å²) in [5.74, 6) is -0.310. The number of aliphatic hydroxyl groups is 4. The zero-order valence-corrected chi connectivity index (χ0v) is 38.5. The van der Waals surface area contributed by atoms with Crippen molar-refractivity contribution in [2.24, 2.45) is 0 Å². The number of esters is 1. The molecule has 0 saturated carbocycles. The lowest BCUT2D eigenvalue weighted by atomic mass is 9.99. The van der Waals surface area contributed by atoms with Crippen LogP contribution in [-0.2, 0) is 23.7 Å². The van der Waals surface area contributed by atoms with Crippen LogP contribution in [0.2, 0.25) is 0 Å². The van der Waals surface area contributed by atoms with Crippen molar-refractivity contribution in [3.63, 3.8) is 0 Å². The predicted molar refractivity (Wildman–Crippen MR) is 243 cm³/mol. The Morgan fingerprint density at radius 3 is 1.37 bits per heavy atom. The minimum absolute atomic E-state index is 0.110. The van der Waals surface area contributed by atoms with Gasteiger partial charge < -0.3 is 39.4 Å². The Balaban J connectivity index is 2.20. The zero-order chi connectivity index (χ0) is 42.9. The van der Waals surface area contributed by atoms with Gasteiger partial charge in [-0.15, -0.1) is 0 Å². The van der Waals surface area contributed by atoms with Gasteiger partial charge in [0.1, 0.15) is 30.5 Å². The van der Waals surface area contributed by atoms with E-state index in [1.54, 1.807) is 0 Å². The molecule has 1 aliphatic heterocycles. The molecule has 0 aromatic carbocycles. The van der Waals surface area contributed by atoms with Gasteiger partial charge in [0.15, 0.2) is 6.29 Å². The lowest BCUT2D eigenvalue weighted by molar-refractivity contribution is -0.305. The Morgan fingerprint density at radius 1 is 0.525 bits per heavy atom. The Bertz CT molecular complexity index is 915. The summed E-state index contributed by atoms with van der Waals surface area (Å²) in [5.41, 5.74) is 0. The van der Waals surface area contributed by atoms with E-state index in [2.05, 4.69) is 26.0 Å². The summed E-state index contributed by atoms with van der Waals surface area (Å²) < 4.78 is 22.9. The van der Waals surface area contributed by atoms with Crippen molar-refractivity contribution >= 4 is 5.97 Å². The van der Waals surface area contributed by atoms with Crippen molar-refractivity contribution in [3.8, 4) is 0 Å². The highest BCUT2D eigenvalue weighted by atomic mass is 16.7. The third-order valence-corrected chi connectivity index (χ3v) is 11.9. The molecule has 1 heterocycles. The van der Waals surface area contributed by atoms with Crippen LogP contribution in [0.5, 0.6) is 0 Å². The second-order valence-electron chi connectivity index (χ2n) is 17.6. The van der Waals surface area contributed by atoms with Crippen LogP contribution in [0.15, 0.2) is 12.2 Å². The number of ether oxygens (including phenoxy) is 4. The summed E-state index contributed by atoms with van der Waals surface area (Å²) in [6.45, 7) is 4.59. The monoisotopic (exact) mass is 841 g/mol. The molecule has 0 aromatic heterocycles. The molecule has 9 nitrogen and oxygen atoms in total. The first-order chi connectivity index (χ1) is 28.9. The van der Waals surface area contributed by atoms with Gasteiger partial charge >= 0.3 is 5.97 Å². The van der Waals surface area contributed by atoms with Crippen molar-refractivity contribution in [2.75, 3.05) is 26.4 Å². The number of aliphatic hydroxyl groups excluding tert-OH is 4. The van der Waals surface area contributed by atoms with Gasteiger partial charge in [-0.05, 0) is 38.5 Å². The molecule has 0 aromatic rings. The van der Waals surface area contributed by atoms with Crippen LogP contribution in [0.4, 0.5) is 0 Å². The fourth-order valence-corrected chi connectivity index (χ4v) is 7.96. The molecule has 1 saturated heterocycles. The molecule has 0 bridgehead atoms. The minimum Gasteiger partial charge on any atom is -0.457 e. The number of carbonyl (C=O) groups is 1. The Hall–Kier alpha value is -1.07. The molecule has 1 rings (SSSR count). The molecule has 9 heteroatoms. The number of hydrogen-bond acceptors (Lipinski definition) is 9. The van der Waals surface area contributed by atoms with Gasteiger partial charge in [-0.2, -0.15) is 0 Å². The van der Waals surface area contributed by atoms with Gasteiger partial charge in [0.25, 0.3) is 0 Å². The second kappa shape index (κ2) is 42.2. The topological polar surface area (TPSA) is 135 Å². The minimum atomic E-state index is -1.53. The largest absolute Gasteiger partial charge is 0.457 e. The molecule has 350 valence electrons. The molecule has 6 unspecified atom stereocenters. The average molecular weight is 841 g/mol. The summed E-state index contributed by atoms with van der Waals surface area (Å²) in [7, 11) is 0. The summed E-state index contributed by atoms with van der Waals surface area (Å²) in [5, 5.41) is 40.2. The van der Waals surface area contributed by atoms with E-state index in [9.17, 15) is 25.2 Å². The van der Waals surface area contributed by atoms with Crippen LogP contribution in [0.3, 0.4) is 0 Å². The van der Waals surface area contributed by atoms with Crippen molar-refractivity contribution in [1.82, 2.24) is 0 Å². The molecular weight excluding hydrogens is 745 g/mol. The summed E-state index contributed by atoms with van der Waals surface area (Å²) in [4.78, 5) is 12.8. The maximum Gasteiger partial charge on any atom is 0.306 e. The van der Waals surface area contributed by atoms with Gasteiger partial charge in [-0.3, -0.25) is 4.79 Å². The number of hydrogen-bond donors (Lipinski definition) is 4. The lowest BCUT2D eigenvalue weighted by Gasteiger charge is -2.39. The Morgan fingerprint density at radius 2 is 0.932 bits per heavy atom. The first-order valence-electron chi connectivity index (χ1n) is 25.3. The number of carbonyl (C=O) groups excluding carboxylic acids is 1. The lowest BCUT2D eigenvalue weighted by Crippen LogP contribution is -2.59. The molecule has 0 amide bonds. The molecule has 59 heavy (non-hydrogen) atoms. The van der Waals surface area contributed by atoms with E-state index in [0.29, 0.717) is 13.0 Å². The molecular formula is C50H96O9. The zero-order valence-electron chi connectivity index (χ0n) is 38.5. The van der Waals surface area contributed by atoms with E-state index in [4.69, 9.17) is 18.9 Å². The molecule has 4 N–H and O–H groups in total. The third-order valence-electron chi connectivity index (χ3n) is 11.9. The molecule has 0 radical (unpaired) electrons. The number of rotatable bonds is 44. The van der Waals surface area contributed by atoms with E-state index >= 15 is 0 Å². The Kier molecular flexibility index (Phi) is 40.1. The quantitative estimate of drug-likeness (QED) is 0.0269. The van der Waals surface area contributed by atoms with E-state index < -0.39 is 43.4 Å². The first-order valence-corrected chi connectivity index (χ1v) is 25.3. The fourth-order valence-electron chi connectivity index (χ4n) is 7.96. The summed E-state index contributed by atoms with van der Waals surface area (Å²) in [6.07, 6.45) is 41.0. The van der Waals surface area contributed by atoms with Crippen molar-refractivity contribution in [3.05, 3.63) is 12.2 Å². The van der Waals surface area contributed by atoms with Gasteiger partial charge in [-0.25, -0.2) is 0 Å². The third kappa shape index (κ3) is 33.2. The van der Waals surface area contributed by atoms with Crippen LogP contribution >= 0.6 is 0 Å². The summed E-state index contributed by atoms with van der Waals surface area (Å²) in [6, 6.07) is 0. The maximum atomic E-state index is 12.8. The number of allylic oxidation sites excluding steroid dienone is 2. The van der Waals surface area contributed by atoms with Crippen LogP contribution in [-0.4, -0.2) is 89.6 Å². The highest BCUT2D eigenvalue weighted by Crippen LogP contribution is 2.23. The highest BCUT2D eigenvalue weighted by molar-refractivity contribution is 5.69. The van der Waals surface area contributed by atoms with Gasteiger partial charge in [0.2, 0.25) is 0 Å². The van der Waals surface area contributed by atoms with Crippen LogP contribution in [0, 0.1) is 0 Å². The smallest absolute Gasteiger partial charge is 0.306 e. The number of unbranched alkanes of at least 4 members (excludes halogenated alkanes) is 31. The average Bonchev–Trinajstić information content (AvgIpc) is 3.24. The maximum absolute atomic E-state index is 12.8. The van der Waals surface area contributed by atoms with E-state index in [1.807, 2.05) is 0 Å². The van der Waals surface area contributed by atoms with Gasteiger partial charge in [0.05, 0.1) is 19.8 Å². The Labute approximate surface area is 363 Å². The second-order valence-corrected chi connectivity index (χ2v) is 17.6. The summed E-state index contributed by atoms with van der Waals surface area (Å²) >= 11 is 0. The molecule has 0 aliphatic carbocycles. The van der Waals surface area contributed by atoms with Crippen LogP contribution in [0.25, 0.3) is 0 Å². The SMILES string of the molecule is CCCCCCCCC/C=C\CCCCCCCCOCC(COC1OC(CO)C(O)C(O)C1O)OC(=O)CCCCCCCCCCCCCCCCCCCCC. The van der Waals surface area contributed by atoms with Crippen LogP contribution < -0.4 is 0 Å². The predicted octanol–water partition coefficient (Wildman–Crippen LogP) is 12.0. The fraction of sp³-hybridized carbons (Fsp3) is 0.940. The molecule has 0 spiro atoms. The molecule has 1 fully saturated rings. The van der Waals surface area contributed by atoms with E-state index in [0.717, 1.165) is 32.1 Å². The van der Waals surface area contributed by atoms with Gasteiger partial charge in [0, 0.05) is 13.0 Å². The molecule has 1 aliphatic rings. The van der Waals surface area contributed by atoms with E-state index in [1.165, 1.54) is 186 Å². The van der Waals surface area contributed by atoms with Crippen LogP contribution in [0.1, 0.15) is 239 Å². The van der Waals surface area contributed by atoms with Crippen molar-refractivity contribution in [2.45, 2.75) is 275 Å². The normalized spacial score (nSPS) is 20.1. The highest BCUT2D eigenvalue weighted by Gasteiger charge is 2.44. The standard InChI is InChI=1S/C50H96O9/c1-3-5-7-9-11-13-15-17-19-21-22-23-25-27-29-31-33-35-37-39-46(52)58-44(43-57-50-49(55)48(54)47(53)45(41-51)59-50)42-56-40-38-36-34-32-30-28-26-24-20-18-16-14-12-10-8-6-4-2/h20,24,44-45,47-51,53-55H,3-19,21-23,25-43H2,1-2H3/b24-20-. The van der Waals surface area contributed by atoms with Crippen molar-refractivity contribution < 1.29 is 44.2 Å².